The van der Waals surface area contributed by atoms with Gasteiger partial charge in [-0.3, -0.25) is 0 Å². The van der Waals surface area contributed by atoms with E-state index in [0.717, 1.165) is 0 Å². The molecule has 3 aromatic carbocycles. The number of benzene rings is 3. The minimum Gasteiger partial charge on any atom is -0.344 e. The van der Waals surface area contributed by atoms with Crippen molar-refractivity contribution in [3.63, 3.8) is 0 Å². The van der Waals surface area contributed by atoms with E-state index < -0.39 is 8.07 Å². The summed E-state index contributed by atoms with van der Waals surface area (Å²) in [5.41, 5.74) is 8.29. The number of aryl methyl sites for hydroxylation is 1. The molecule has 0 aliphatic carbocycles. The molecular formula is C27H20N2SSi. The predicted octanol–water partition coefficient (Wildman–Crippen LogP) is 6.19. The number of rotatable bonds is 0. The minimum atomic E-state index is -1.79. The molecule has 4 aromatic heterocycles. The minimum absolute atomic E-state index is 1.32. The van der Waals surface area contributed by atoms with Gasteiger partial charge >= 0.3 is 0 Å². The van der Waals surface area contributed by atoms with Crippen LogP contribution < -0.4 is 10.4 Å². The molecule has 7 aromatic rings. The Balaban J connectivity index is 1.84. The Morgan fingerprint density at radius 3 is 2.48 bits per heavy atom. The van der Waals surface area contributed by atoms with Crippen LogP contribution in [0.25, 0.3) is 60.3 Å². The van der Waals surface area contributed by atoms with Crippen LogP contribution in [0.1, 0.15) is 0 Å². The van der Waals surface area contributed by atoms with E-state index >= 15 is 0 Å². The van der Waals surface area contributed by atoms with Crippen molar-refractivity contribution in [3.05, 3.63) is 65.4 Å². The molecule has 0 fully saturated rings. The number of fused-ring (bicyclic) bond motifs is 8. The number of hydrogen-bond acceptors (Lipinski definition) is 1. The van der Waals surface area contributed by atoms with Crippen LogP contribution in [0, 0.1) is 0 Å². The van der Waals surface area contributed by atoms with Crippen LogP contribution in [0.2, 0.25) is 13.1 Å². The van der Waals surface area contributed by atoms with Gasteiger partial charge in [0.1, 0.15) is 8.07 Å². The van der Waals surface area contributed by atoms with Gasteiger partial charge in [0.05, 0.1) is 22.2 Å². The van der Waals surface area contributed by atoms with Gasteiger partial charge in [-0.25, -0.2) is 0 Å². The average molecular weight is 433 g/mol. The molecule has 8 rings (SSSR count). The van der Waals surface area contributed by atoms with E-state index in [1.165, 1.54) is 60.3 Å². The molecule has 31 heavy (non-hydrogen) atoms. The lowest BCUT2D eigenvalue weighted by Crippen LogP contribution is -2.49. The molecule has 0 N–H and O–H groups in total. The smallest absolute Gasteiger partial charge is 0.116 e. The molecule has 0 saturated heterocycles. The van der Waals surface area contributed by atoms with E-state index in [1.54, 1.807) is 10.4 Å². The maximum Gasteiger partial charge on any atom is 0.116 e. The fourth-order valence-electron chi connectivity index (χ4n) is 6.49. The quantitative estimate of drug-likeness (QED) is 0.253. The molecule has 0 radical (unpaired) electrons. The van der Waals surface area contributed by atoms with E-state index in [0.29, 0.717) is 0 Å². The zero-order valence-electron chi connectivity index (χ0n) is 17.7. The van der Waals surface area contributed by atoms with Crippen LogP contribution in [0.15, 0.2) is 65.4 Å². The molecular weight excluding hydrogens is 412 g/mol. The van der Waals surface area contributed by atoms with Crippen molar-refractivity contribution >= 4 is 78.8 Å². The summed E-state index contributed by atoms with van der Waals surface area (Å²) < 4.78 is 5.00. The molecule has 0 unspecified atom stereocenters. The molecule has 148 valence electrons. The second-order valence-electron chi connectivity index (χ2n) is 9.51. The van der Waals surface area contributed by atoms with Gasteiger partial charge < -0.3 is 8.97 Å². The fourth-order valence-corrected chi connectivity index (χ4v) is 10.7. The Morgan fingerprint density at radius 1 is 0.742 bits per heavy atom. The van der Waals surface area contributed by atoms with E-state index in [2.05, 4.69) is 94.5 Å². The Kier molecular flexibility index (Phi) is 2.70. The predicted molar refractivity (Wildman–Crippen MR) is 138 cm³/mol. The van der Waals surface area contributed by atoms with Crippen LogP contribution in [0.4, 0.5) is 0 Å². The molecule has 0 atom stereocenters. The SMILES string of the molecule is Cn1c2cccc3c4cscc4n4c5c(c6ccc1c(c32)c64)[Si](C)(C)c1ccccc1-5. The van der Waals surface area contributed by atoms with Crippen LogP contribution in [0.3, 0.4) is 0 Å². The van der Waals surface area contributed by atoms with Gasteiger partial charge in [0.15, 0.2) is 0 Å². The Hall–Kier alpha value is -3.08. The average Bonchev–Trinajstić information content (AvgIpc) is 3.48. The highest BCUT2D eigenvalue weighted by Gasteiger charge is 2.42. The summed E-state index contributed by atoms with van der Waals surface area (Å²) in [4.78, 5) is 0. The topological polar surface area (TPSA) is 9.34 Å². The zero-order chi connectivity index (χ0) is 20.6. The van der Waals surface area contributed by atoms with Crippen molar-refractivity contribution in [2.24, 2.45) is 7.05 Å². The first-order valence-electron chi connectivity index (χ1n) is 10.8. The molecule has 4 heteroatoms. The Labute approximate surface area is 184 Å². The monoisotopic (exact) mass is 432 g/mol. The van der Waals surface area contributed by atoms with Crippen LogP contribution in [-0.2, 0) is 7.05 Å². The molecule has 2 nitrogen and oxygen atoms in total. The summed E-state index contributed by atoms with van der Waals surface area (Å²) in [6.07, 6.45) is 0. The molecule has 0 bridgehead atoms. The zero-order valence-corrected chi connectivity index (χ0v) is 19.5. The van der Waals surface area contributed by atoms with Gasteiger partial charge in [-0.15, -0.1) is 11.3 Å². The first-order valence-corrected chi connectivity index (χ1v) is 14.8. The molecule has 0 saturated carbocycles. The van der Waals surface area contributed by atoms with Gasteiger partial charge in [0, 0.05) is 44.9 Å². The van der Waals surface area contributed by atoms with Crippen molar-refractivity contribution in [2.75, 3.05) is 0 Å². The van der Waals surface area contributed by atoms with E-state index in [9.17, 15) is 0 Å². The third-order valence-corrected chi connectivity index (χ3v) is 12.0. The fraction of sp³-hybridized carbons (Fsp3) is 0.111. The highest BCUT2D eigenvalue weighted by molar-refractivity contribution is 7.09. The standard InChI is InChI=1S/C27H20N2SSi/c1-28-19-9-6-8-15-18-13-30-14-21(18)29-25-17(11-12-20(28)24(25)23(15)19)27-26(29)16-7-4-5-10-22(16)31(27,2)3/h4-14H,1-3H3. The van der Waals surface area contributed by atoms with E-state index in [1.807, 2.05) is 11.3 Å². The number of thiophene rings is 1. The number of nitrogens with zero attached hydrogens (tertiary/aromatic N) is 2. The lowest BCUT2D eigenvalue weighted by Gasteiger charge is -2.18. The lowest BCUT2D eigenvalue weighted by molar-refractivity contribution is 1.01. The maximum absolute atomic E-state index is 2.62. The molecule has 0 amide bonds. The maximum atomic E-state index is 2.62. The second-order valence-corrected chi connectivity index (χ2v) is 14.5. The highest BCUT2D eigenvalue weighted by atomic mass is 32.1. The summed E-state index contributed by atoms with van der Waals surface area (Å²) in [7, 11) is 0.420. The third-order valence-electron chi connectivity index (χ3n) is 7.78. The van der Waals surface area contributed by atoms with Gasteiger partial charge in [0.25, 0.3) is 0 Å². The Morgan fingerprint density at radius 2 is 1.58 bits per heavy atom. The van der Waals surface area contributed by atoms with Crippen LogP contribution in [0.5, 0.6) is 0 Å². The number of aromatic nitrogens is 2. The molecule has 1 aliphatic rings. The molecule has 0 spiro atoms. The van der Waals surface area contributed by atoms with Crippen LogP contribution >= 0.6 is 11.3 Å². The number of hydrogen-bond donors (Lipinski definition) is 0. The summed E-state index contributed by atoms with van der Waals surface area (Å²) in [6.45, 7) is 5.06. The Bertz CT molecular complexity index is 1880. The summed E-state index contributed by atoms with van der Waals surface area (Å²) in [5, 5.41) is 14.9. The van der Waals surface area contributed by atoms with Crippen LogP contribution in [-0.4, -0.2) is 17.0 Å². The summed E-state index contributed by atoms with van der Waals surface area (Å²) in [5.74, 6) is 0. The van der Waals surface area contributed by atoms with Gasteiger partial charge in [-0.2, -0.15) is 0 Å². The largest absolute Gasteiger partial charge is 0.344 e. The second kappa shape index (κ2) is 5.04. The van der Waals surface area contributed by atoms with Crippen molar-refractivity contribution in [3.8, 4) is 11.3 Å². The first-order chi connectivity index (χ1) is 15.1. The van der Waals surface area contributed by atoms with E-state index in [-0.39, 0.29) is 0 Å². The highest BCUT2D eigenvalue weighted by Crippen LogP contribution is 2.45. The molecule has 5 heterocycles. The van der Waals surface area contributed by atoms with Crippen molar-refractivity contribution in [1.29, 1.82) is 0 Å². The van der Waals surface area contributed by atoms with Gasteiger partial charge in [0.2, 0.25) is 0 Å². The van der Waals surface area contributed by atoms with Crippen molar-refractivity contribution in [2.45, 2.75) is 13.1 Å². The van der Waals surface area contributed by atoms with Gasteiger partial charge in [-0.05, 0) is 33.5 Å². The summed E-state index contributed by atoms with van der Waals surface area (Å²) >= 11 is 1.82. The van der Waals surface area contributed by atoms with Crippen molar-refractivity contribution in [1.82, 2.24) is 8.97 Å². The van der Waals surface area contributed by atoms with E-state index in [4.69, 9.17) is 0 Å². The normalized spacial score (nSPS) is 15.2. The summed E-state index contributed by atoms with van der Waals surface area (Å²) in [6, 6.07) is 20.7. The van der Waals surface area contributed by atoms with Crippen molar-refractivity contribution < 1.29 is 0 Å². The first kappa shape index (κ1) is 16.6. The molecule has 1 aliphatic heterocycles. The third kappa shape index (κ3) is 1.64. The van der Waals surface area contributed by atoms with Gasteiger partial charge in [-0.1, -0.05) is 55.6 Å². The lowest BCUT2D eigenvalue weighted by atomic mass is 10.1.